The second-order valence-electron chi connectivity index (χ2n) is 5.96. The van der Waals surface area contributed by atoms with Gasteiger partial charge in [-0.3, -0.25) is 9.69 Å². The van der Waals surface area contributed by atoms with Gasteiger partial charge < -0.3 is 5.11 Å². The van der Waals surface area contributed by atoms with E-state index in [1.807, 2.05) is 17.9 Å². The molecule has 1 aromatic carbocycles. The molecule has 8 heteroatoms. The van der Waals surface area contributed by atoms with Crippen LogP contribution in [0.2, 0.25) is 0 Å². The van der Waals surface area contributed by atoms with Gasteiger partial charge in [0.1, 0.15) is 0 Å². The van der Waals surface area contributed by atoms with Gasteiger partial charge in [-0.25, -0.2) is 13.1 Å². The summed E-state index contributed by atoms with van der Waals surface area (Å²) in [5.74, 6) is -1.01. The van der Waals surface area contributed by atoms with Crippen molar-refractivity contribution < 1.29 is 18.3 Å². The highest BCUT2D eigenvalue weighted by Gasteiger charge is 2.35. The molecule has 1 aliphatic carbocycles. The van der Waals surface area contributed by atoms with E-state index >= 15 is 0 Å². The summed E-state index contributed by atoms with van der Waals surface area (Å²) in [6, 6.07) is 8.39. The number of sulfonamides is 1. The molecule has 2 N–H and O–H groups in total. The second-order valence-corrected chi connectivity index (χ2v) is 7.72. The fraction of sp³-hybridized carbons (Fsp3) is 0.500. The standard InChI is InChI=1S/C16H21N3O4S/c1-2-19(10-16(20)21)15-7-14(8-15)18-24(22,23)11-13-5-3-12(9-17)4-6-13/h3-6,14-15,18H,2,7-8,10-11H2,1H3,(H,20,21). The molecule has 130 valence electrons. The topological polar surface area (TPSA) is 110 Å². The van der Waals surface area contributed by atoms with Crippen molar-refractivity contribution in [1.82, 2.24) is 9.62 Å². The molecule has 0 spiro atoms. The van der Waals surface area contributed by atoms with Crippen molar-refractivity contribution >= 4 is 16.0 Å². The summed E-state index contributed by atoms with van der Waals surface area (Å²) >= 11 is 0. The largest absolute Gasteiger partial charge is 0.480 e. The lowest BCUT2D eigenvalue weighted by atomic mass is 9.86. The molecule has 2 rings (SSSR count). The Balaban J connectivity index is 1.85. The van der Waals surface area contributed by atoms with Crippen LogP contribution in [0.1, 0.15) is 30.9 Å². The quantitative estimate of drug-likeness (QED) is 0.720. The maximum Gasteiger partial charge on any atom is 0.317 e. The van der Waals surface area contributed by atoms with E-state index in [0.29, 0.717) is 30.5 Å². The summed E-state index contributed by atoms with van der Waals surface area (Å²) in [6.07, 6.45) is 1.24. The minimum atomic E-state index is -3.46. The fourth-order valence-electron chi connectivity index (χ4n) is 2.85. The van der Waals surface area contributed by atoms with Crippen LogP contribution in [0.5, 0.6) is 0 Å². The minimum absolute atomic E-state index is 0.0219. The average Bonchev–Trinajstić information content (AvgIpc) is 2.48. The van der Waals surface area contributed by atoms with Crippen LogP contribution in [0.15, 0.2) is 24.3 Å². The predicted molar refractivity (Wildman–Crippen MR) is 88.6 cm³/mol. The Morgan fingerprint density at radius 3 is 2.50 bits per heavy atom. The van der Waals surface area contributed by atoms with Crippen molar-refractivity contribution in [3.05, 3.63) is 35.4 Å². The zero-order valence-electron chi connectivity index (χ0n) is 13.5. The Morgan fingerprint density at radius 1 is 1.38 bits per heavy atom. The first-order chi connectivity index (χ1) is 11.3. The minimum Gasteiger partial charge on any atom is -0.480 e. The number of carbonyl (C=O) groups is 1. The van der Waals surface area contributed by atoms with Crippen molar-refractivity contribution in [2.45, 2.75) is 37.6 Å². The molecule has 7 nitrogen and oxygen atoms in total. The summed E-state index contributed by atoms with van der Waals surface area (Å²) in [4.78, 5) is 12.6. The smallest absolute Gasteiger partial charge is 0.317 e. The van der Waals surface area contributed by atoms with Gasteiger partial charge in [0.15, 0.2) is 0 Å². The maximum absolute atomic E-state index is 12.2. The van der Waals surface area contributed by atoms with E-state index in [1.54, 1.807) is 24.3 Å². The lowest BCUT2D eigenvalue weighted by Crippen LogP contribution is -2.54. The zero-order chi connectivity index (χ0) is 17.7. The number of hydrogen-bond acceptors (Lipinski definition) is 5. The SMILES string of the molecule is CCN(CC(=O)O)C1CC(NS(=O)(=O)Cc2ccc(C#N)cc2)C1. The maximum atomic E-state index is 12.2. The number of nitrogens with one attached hydrogen (secondary N) is 1. The van der Waals surface area contributed by atoms with Crippen molar-refractivity contribution in [2.75, 3.05) is 13.1 Å². The van der Waals surface area contributed by atoms with Gasteiger partial charge in [0.2, 0.25) is 10.0 Å². The van der Waals surface area contributed by atoms with Gasteiger partial charge in [-0.05, 0) is 37.1 Å². The molecule has 0 atom stereocenters. The first-order valence-electron chi connectivity index (χ1n) is 7.78. The Bertz CT molecular complexity index is 719. The predicted octanol–water partition coefficient (Wildman–Crippen LogP) is 0.915. The Morgan fingerprint density at radius 2 is 2.00 bits per heavy atom. The van der Waals surface area contributed by atoms with E-state index in [0.717, 1.165) is 0 Å². The molecule has 0 saturated heterocycles. The molecule has 0 aliphatic heterocycles. The summed E-state index contributed by atoms with van der Waals surface area (Å²) in [6.45, 7) is 2.50. The molecule has 0 amide bonds. The average molecular weight is 351 g/mol. The van der Waals surface area contributed by atoms with E-state index in [1.165, 1.54) is 0 Å². The van der Waals surface area contributed by atoms with Crippen molar-refractivity contribution in [3.8, 4) is 6.07 Å². The van der Waals surface area contributed by atoms with Crippen LogP contribution in [0.4, 0.5) is 0 Å². The number of likely N-dealkylation sites (N-methyl/N-ethyl adjacent to an activating group) is 1. The molecule has 0 radical (unpaired) electrons. The molecule has 1 aromatic rings. The van der Waals surface area contributed by atoms with Crippen LogP contribution in [0, 0.1) is 11.3 Å². The van der Waals surface area contributed by atoms with Crippen molar-refractivity contribution in [3.63, 3.8) is 0 Å². The van der Waals surface area contributed by atoms with Gasteiger partial charge in [0.05, 0.1) is 23.9 Å². The van der Waals surface area contributed by atoms with E-state index in [-0.39, 0.29) is 24.4 Å². The first kappa shape index (κ1) is 18.4. The second kappa shape index (κ2) is 7.75. The van der Waals surface area contributed by atoms with Crippen LogP contribution < -0.4 is 4.72 Å². The van der Waals surface area contributed by atoms with Gasteiger partial charge in [0, 0.05) is 12.1 Å². The van der Waals surface area contributed by atoms with E-state index < -0.39 is 16.0 Å². The van der Waals surface area contributed by atoms with Gasteiger partial charge in [0.25, 0.3) is 0 Å². The van der Waals surface area contributed by atoms with Crippen LogP contribution in [0.3, 0.4) is 0 Å². The third kappa shape index (κ3) is 5.03. The van der Waals surface area contributed by atoms with E-state index in [2.05, 4.69) is 4.72 Å². The summed E-state index contributed by atoms with van der Waals surface area (Å²) in [5, 5.41) is 17.6. The van der Waals surface area contributed by atoms with Crippen molar-refractivity contribution in [2.24, 2.45) is 0 Å². The highest BCUT2D eigenvalue weighted by molar-refractivity contribution is 7.88. The molecule has 0 bridgehead atoms. The van der Waals surface area contributed by atoms with Crippen LogP contribution in [-0.4, -0.2) is 49.6 Å². The number of benzene rings is 1. The van der Waals surface area contributed by atoms with Crippen LogP contribution >= 0.6 is 0 Å². The van der Waals surface area contributed by atoms with Gasteiger partial charge in [-0.1, -0.05) is 19.1 Å². The number of carboxylic acid groups (broad SMARTS) is 1. The van der Waals surface area contributed by atoms with E-state index in [9.17, 15) is 13.2 Å². The third-order valence-electron chi connectivity index (χ3n) is 4.16. The number of hydrogen-bond donors (Lipinski definition) is 2. The lowest BCUT2D eigenvalue weighted by molar-refractivity contribution is -0.139. The number of nitrogens with zero attached hydrogens (tertiary/aromatic N) is 2. The molecule has 0 aromatic heterocycles. The molecule has 1 saturated carbocycles. The molecular formula is C16H21N3O4S. The molecule has 0 heterocycles. The number of aliphatic carboxylic acids is 1. The van der Waals surface area contributed by atoms with Crippen LogP contribution in [-0.2, 0) is 20.6 Å². The molecule has 24 heavy (non-hydrogen) atoms. The highest BCUT2D eigenvalue weighted by Crippen LogP contribution is 2.26. The molecular weight excluding hydrogens is 330 g/mol. The summed E-state index contributed by atoms with van der Waals surface area (Å²) in [5.41, 5.74) is 1.11. The third-order valence-corrected chi connectivity index (χ3v) is 5.57. The van der Waals surface area contributed by atoms with E-state index in [4.69, 9.17) is 10.4 Å². The van der Waals surface area contributed by atoms with Crippen molar-refractivity contribution in [1.29, 1.82) is 5.26 Å². The lowest BCUT2D eigenvalue weighted by Gasteiger charge is -2.42. The summed E-state index contributed by atoms with van der Waals surface area (Å²) < 4.78 is 27.1. The van der Waals surface area contributed by atoms with Gasteiger partial charge >= 0.3 is 5.97 Å². The molecule has 1 aliphatic rings. The highest BCUT2D eigenvalue weighted by atomic mass is 32.2. The fourth-order valence-corrected chi connectivity index (χ4v) is 4.26. The Hall–Kier alpha value is -1.95. The summed E-state index contributed by atoms with van der Waals surface area (Å²) in [7, 11) is -3.46. The Labute approximate surface area is 141 Å². The Kier molecular flexibility index (Phi) is 5.94. The number of nitriles is 1. The van der Waals surface area contributed by atoms with Gasteiger partial charge in [-0.2, -0.15) is 5.26 Å². The normalized spacial score (nSPS) is 20.4. The first-order valence-corrected chi connectivity index (χ1v) is 9.43. The van der Waals surface area contributed by atoms with Gasteiger partial charge in [-0.15, -0.1) is 0 Å². The molecule has 0 unspecified atom stereocenters. The monoisotopic (exact) mass is 351 g/mol. The van der Waals surface area contributed by atoms with Crippen LogP contribution in [0.25, 0.3) is 0 Å². The zero-order valence-corrected chi connectivity index (χ0v) is 14.3. The number of rotatable bonds is 8. The number of carboxylic acids is 1. The molecule has 1 fully saturated rings.